The van der Waals surface area contributed by atoms with Gasteiger partial charge in [-0.25, -0.2) is 14.8 Å². The molecule has 9 heteroatoms. The number of nitriles is 1. The summed E-state index contributed by atoms with van der Waals surface area (Å²) in [4.78, 5) is 14.8. The molecule has 2 aromatic heterocycles. The second-order valence-corrected chi connectivity index (χ2v) is 9.34. The highest BCUT2D eigenvalue weighted by Crippen LogP contribution is 2.42. The molecule has 0 atom stereocenters. The van der Waals surface area contributed by atoms with Crippen molar-refractivity contribution in [1.29, 1.82) is 5.26 Å². The lowest BCUT2D eigenvalue weighted by molar-refractivity contribution is 0.577. The van der Waals surface area contributed by atoms with E-state index in [-0.39, 0.29) is 11.5 Å². The van der Waals surface area contributed by atoms with Crippen LogP contribution >= 0.6 is 34.7 Å². The molecule has 1 aliphatic rings. The Labute approximate surface area is 194 Å². The Hall–Kier alpha value is -2.78. The van der Waals surface area contributed by atoms with Crippen LogP contribution in [0.3, 0.4) is 0 Å². The second kappa shape index (κ2) is 9.57. The van der Waals surface area contributed by atoms with Gasteiger partial charge < -0.3 is 10.6 Å². The van der Waals surface area contributed by atoms with Gasteiger partial charge in [0.15, 0.2) is 0 Å². The average molecular weight is 467 g/mol. The van der Waals surface area contributed by atoms with Crippen LogP contribution in [0.1, 0.15) is 30.5 Å². The van der Waals surface area contributed by atoms with Crippen molar-refractivity contribution in [2.75, 3.05) is 23.7 Å². The average Bonchev–Trinajstić information content (AvgIpc) is 3.27. The molecular formula is C22H19ClN6S2. The zero-order valence-electron chi connectivity index (χ0n) is 16.6. The highest BCUT2D eigenvalue weighted by molar-refractivity contribution is 7.98. The molecule has 1 saturated heterocycles. The third kappa shape index (κ3) is 4.62. The number of hydrogen-bond donors (Lipinski definition) is 1. The van der Waals surface area contributed by atoms with Crippen molar-refractivity contribution in [2.45, 2.75) is 30.0 Å². The maximum atomic E-state index is 9.92. The van der Waals surface area contributed by atoms with Gasteiger partial charge >= 0.3 is 0 Å². The Balaban J connectivity index is 1.60. The van der Waals surface area contributed by atoms with E-state index in [4.69, 9.17) is 28.9 Å². The molecule has 0 radical (unpaired) electrons. The van der Waals surface area contributed by atoms with Crippen LogP contribution in [0.4, 0.5) is 17.2 Å². The summed E-state index contributed by atoms with van der Waals surface area (Å²) in [5, 5.41) is 14.1. The molecule has 0 amide bonds. The number of hydrogen-bond acceptors (Lipinski definition) is 7. The SMILES string of the molecule is [C-]#[N+]c1c(N)nc(SCc2csc(-c3ccc(Cl)cc3)n2)c(C#N)c1N1CCCCC1. The van der Waals surface area contributed by atoms with Gasteiger partial charge in [-0.1, -0.05) is 35.5 Å². The van der Waals surface area contributed by atoms with Gasteiger partial charge in [0.2, 0.25) is 0 Å². The highest BCUT2D eigenvalue weighted by Gasteiger charge is 2.25. The summed E-state index contributed by atoms with van der Waals surface area (Å²) < 4.78 is 0. The molecule has 1 aromatic carbocycles. The van der Waals surface area contributed by atoms with E-state index in [2.05, 4.69) is 20.8 Å². The number of rotatable bonds is 5. The van der Waals surface area contributed by atoms with Crippen LogP contribution in [0, 0.1) is 17.9 Å². The summed E-state index contributed by atoms with van der Waals surface area (Å²) in [6.45, 7) is 9.21. The van der Waals surface area contributed by atoms with Gasteiger partial charge in [0.1, 0.15) is 21.9 Å². The first-order valence-corrected chi connectivity index (χ1v) is 12.0. The van der Waals surface area contributed by atoms with Crippen LogP contribution in [-0.2, 0) is 5.75 Å². The Bertz CT molecular complexity index is 1170. The fourth-order valence-corrected chi connectivity index (χ4v) is 5.48. The standard InChI is InChI=1S/C22H19ClN6S2/c1-26-18-19(29-9-3-2-4-10-29)17(11-24)22(28-20(18)25)31-13-16-12-30-21(27-16)14-5-7-15(23)8-6-14/h5-8,12H,2-4,9-10,13H2,(H2,25,28). The van der Waals surface area contributed by atoms with Crippen LogP contribution in [0.25, 0.3) is 15.4 Å². The predicted octanol–water partition coefficient (Wildman–Crippen LogP) is 6.15. The Morgan fingerprint density at radius 1 is 1.23 bits per heavy atom. The van der Waals surface area contributed by atoms with Gasteiger partial charge in [0, 0.05) is 34.8 Å². The molecule has 0 aliphatic carbocycles. The van der Waals surface area contributed by atoms with Gasteiger partial charge in [-0.15, -0.1) is 11.3 Å². The first kappa shape index (κ1) is 21.5. The molecule has 1 aliphatic heterocycles. The zero-order valence-corrected chi connectivity index (χ0v) is 19.0. The van der Waals surface area contributed by atoms with Crippen LogP contribution in [0.2, 0.25) is 5.02 Å². The minimum Gasteiger partial charge on any atom is -0.392 e. The van der Waals surface area contributed by atoms with Crippen molar-refractivity contribution in [1.82, 2.24) is 9.97 Å². The number of thiazole rings is 1. The fraction of sp³-hybridized carbons (Fsp3) is 0.273. The topological polar surface area (TPSA) is 83.2 Å². The van der Waals surface area contributed by atoms with Crippen molar-refractivity contribution < 1.29 is 0 Å². The van der Waals surface area contributed by atoms with Crippen LogP contribution in [-0.4, -0.2) is 23.1 Å². The molecule has 0 saturated carbocycles. The van der Waals surface area contributed by atoms with E-state index in [0.29, 0.717) is 27.1 Å². The van der Waals surface area contributed by atoms with Crippen molar-refractivity contribution >= 4 is 51.9 Å². The number of piperidine rings is 1. The molecular weight excluding hydrogens is 448 g/mol. The molecule has 2 N–H and O–H groups in total. The molecule has 3 aromatic rings. The minimum atomic E-state index is 0.178. The summed E-state index contributed by atoms with van der Waals surface area (Å²) in [6.07, 6.45) is 3.24. The van der Waals surface area contributed by atoms with E-state index in [1.165, 1.54) is 11.8 Å². The van der Waals surface area contributed by atoms with Gasteiger partial charge in [-0.05, 0) is 31.4 Å². The van der Waals surface area contributed by atoms with E-state index in [9.17, 15) is 5.26 Å². The number of nitrogen functional groups attached to an aromatic ring is 1. The fourth-order valence-electron chi connectivity index (χ4n) is 3.54. The van der Waals surface area contributed by atoms with E-state index in [0.717, 1.165) is 48.6 Å². The van der Waals surface area contributed by atoms with Crippen molar-refractivity contribution in [2.24, 2.45) is 0 Å². The van der Waals surface area contributed by atoms with Gasteiger partial charge in [-0.3, -0.25) is 0 Å². The molecule has 3 heterocycles. The first-order chi connectivity index (χ1) is 15.1. The van der Waals surface area contributed by atoms with Crippen LogP contribution in [0.5, 0.6) is 0 Å². The summed E-state index contributed by atoms with van der Waals surface area (Å²) in [5.74, 6) is 0.736. The molecule has 0 bridgehead atoms. The predicted molar refractivity (Wildman–Crippen MR) is 128 cm³/mol. The number of benzene rings is 1. The van der Waals surface area contributed by atoms with E-state index < -0.39 is 0 Å². The monoisotopic (exact) mass is 466 g/mol. The summed E-state index contributed by atoms with van der Waals surface area (Å²) >= 11 is 8.96. The van der Waals surface area contributed by atoms with E-state index >= 15 is 0 Å². The lowest BCUT2D eigenvalue weighted by Gasteiger charge is -2.31. The Morgan fingerprint density at radius 2 is 1.97 bits per heavy atom. The number of nitrogens with zero attached hydrogens (tertiary/aromatic N) is 5. The first-order valence-electron chi connectivity index (χ1n) is 9.80. The van der Waals surface area contributed by atoms with Crippen LogP contribution < -0.4 is 10.6 Å². The van der Waals surface area contributed by atoms with Crippen molar-refractivity contribution in [3.63, 3.8) is 0 Å². The molecule has 0 spiro atoms. The lowest BCUT2D eigenvalue weighted by atomic mass is 10.1. The number of anilines is 2. The highest BCUT2D eigenvalue weighted by atomic mass is 35.5. The molecule has 4 rings (SSSR count). The Morgan fingerprint density at radius 3 is 2.65 bits per heavy atom. The van der Waals surface area contributed by atoms with Crippen LogP contribution in [0.15, 0.2) is 34.7 Å². The van der Waals surface area contributed by atoms with E-state index in [1.807, 2.05) is 29.6 Å². The number of halogens is 1. The summed E-state index contributed by atoms with van der Waals surface area (Å²) in [5.41, 5.74) is 9.38. The maximum absolute atomic E-state index is 9.92. The van der Waals surface area contributed by atoms with Gasteiger partial charge in [0.25, 0.3) is 5.69 Å². The number of nitrogens with two attached hydrogens (primary N) is 1. The van der Waals surface area contributed by atoms with Gasteiger partial charge in [-0.2, -0.15) is 5.26 Å². The summed E-state index contributed by atoms with van der Waals surface area (Å²) in [7, 11) is 0. The maximum Gasteiger partial charge on any atom is 0.251 e. The molecule has 156 valence electrons. The number of thioether (sulfide) groups is 1. The van der Waals surface area contributed by atoms with Crippen molar-refractivity contribution in [3.05, 3.63) is 57.3 Å². The second-order valence-electron chi connectivity index (χ2n) is 7.09. The Kier molecular flexibility index (Phi) is 6.62. The smallest absolute Gasteiger partial charge is 0.251 e. The molecule has 0 unspecified atom stereocenters. The normalized spacial score (nSPS) is 13.6. The largest absolute Gasteiger partial charge is 0.392 e. The number of pyridine rings is 1. The quantitative estimate of drug-likeness (QED) is 0.359. The van der Waals surface area contributed by atoms with Gasteiger partial charge in [0.05, 0.1) is 23.5 Å². The summed E-state index contributed by atoms with van der Waals surface area (Å²) in [6, 6.07) is 9.87. The molecule has 31 heavy (non-hydrogen) atoms. The third-order valence-corrected chi connectivity index (χ3v) is 7.24. The third-order valence-electron chi connectivity index (χ3n) is 5.04. The zero-order chi connectivity index (χ0) is 21.8. The number of aromatic nitrogens is 2. The molecule has 6 nitrogen and oxygen atoms in total. The van der Waals surface area contributed by atoms with Crippen molar-refractivity contribution in [3.8, 4) is 16.6 Å². The minimum absolute atomic E-state index is 0.178. The lowest BCUT2D eigenvalue weighted by Crippen LogP contribution is -2.30. The molecule has 1 fully saturated rings. The van der Waals surface area contributed by atoms with E-state index in [1.54, 1.807) is 11.3 Å².